The van der Waals surface area contributed by atoms with E-state index >= 15 is 0 Å². The monoisotopic (exact) mass is 411 g/mol. The molecule has 1 aromatic carbocycles. The molecule has 1 atom stereocenters. The van der Waals surface area contributed by atoms with Crippen molar-refractivity contribution in [1.29, 1.82) is 0 Å². The van der Waals surface area contributed by atoms with Gasteiger partial charge in [0.2, 0.25) is 0 Å². The Bertz CT molecular complexity index is 940. The number of pyridine rings is 2. The fourth-order valence-electron chi connectivity index (χ4n) is 3.16. The molecule has 5 nitrogen and oxygen atoms in total. The Morgan fingerprint density at radius 1 is 1.31 bits per heavy atom. The quantitative estimate of drug-likeness (QED) is 0.705. The van der Waals surface area contributed by atoms with E-state index in [0.717, 1.165) is 46.1 Å². The molecule has 1 amide bonds. The maximum absolute atomic E-state index is 12.9. The predicted octanol–water partition coefficient (Wildman–Crippen LogP) is 3.97. The second-order valence-corrected chi connectivity index (χ2v) is 7.22. The average Bonchev–Trinajstić information content (AvgIpc) is 3.19. The summed E-state index contributed by atoms with van der Waals surface area (Å²) in [5, 5.41) is 3.83. The van der Waals surface area contributed by atoms with Crippen LogP contribution in [0.4, 0.5) is 0 Å². The smallest absolute Gasteiger partial charge is 0.252 e. The maximum atomic E-state index is 12.9. The molecular weight excluding hydrogens is 394 g/mol. The van der Waals surface area contributed by atoms with Gasteiger partial charge in [-0.05, 0) is 49.2 Å². The lowest BCUT2D eigenvalue weighted by Crippen LogP contribution is -2.32. The molecule has 4 rings (SSSR count). The fraction of sp³-hybridized carbons (Fsp3) is 0.250. The zero-order valence-electron chi connectivity index (χ0n) is 14.1. The lowest BCUT2D eigenvalue weighted by atomic mass is 10.0. The Labute approximate surface area is 159 Å². The van der Waals surface area contributed by atoms with Gasteiger partial charge in [0.05, 0.1) is 22.9 Å². The van der Waals surface area contributed by atoms with Crippen molar-refractivity contribution < 1.29 is 9.53 Å². The van der Waals surface area contributed by atoms with E-state index in [4.69, 9.17) is 9.72 Å². The number of amides is 1. The van der Waals surface area contributed by atoms with E-state index in [1.165, 1.54) is 0 Å². The van der Waals surface area contributed by atoms with Gasteiger partial charge in [-0.1, -0.05) is 15.9 Å². The number of hydrogen-bond donors (Lipinski definition) is 1. The first-order valence-electron chi connectivity index (χ1n) is 8.61. The van der Waals surface area contributed by atoms with Crippen molar-refractivity contribution >= 4 is 32.7 Å². The number of nitrogens with one attached hydrogen (secondary N) is 1. The summed E-state index contributed by atoms with van der Waals surface area (Å²) < 4.78 is 6.51. The second kappa shape index (κ2) is 7.51. The molecule has 1 aliphatic heterocycles. The fourth-order valence-corrected chi connectivity index (χ4v) is 3.52. The van der Waals surface area contributed by atoms with E-state index < -0.39 is 0 Å². The molecule has 0 spiro atoms. The summed E-state index contributed by atoms with van der Waals surface area (Å²) in [5.41, 5.74) is 2.99. The van der Waals surface area contributed by atoms with Crippen LogP contribution in [0.2, 0.25) is 0 Å². The third-order valence-electron chi connectivity index (χ3n) is 4.49. The Balaban J connectivity index is 1.72. The Hall–Kier alpha value is -2.31. The Kier molecular flexibility index (Phi) is 4.95. The maximum Gasteiger partial charge on any atom is 0.252 e. The normalized spacial score (nSPS) is 16.7. The van der Waals surface area contributed by atoms with Crippen LogP contribution in [0.1, 0.15) is 23.2 Å². The molecule has 1 saturated heterocycles. The molecule has 1 N–H and O–H groups in total. The van der Waals surface area contributed by atoms with E-state index in [0.29, 0.717) is 12.1 Å². The highest BCUT2D eigenvalue weighted by atomic mass is 79.9. The minimum absolute atomic E-state index is 0.108. The number of benzene rings is 1. The van der Waals surface area contributed by atoms with Crippen LogP contribution in [0, 0.1) is 0 Å². The summed E-state index contributed by atoms with van der Waals surface area (Å²) in [6.45, 7) is 1.30. The van der Waals surface area contributed by atoms with Crippen molar-refractivity contribution in [2.75, 3.05) is 13.2 Å². The van der Waals surface area contributed by atoms with Crippen LogP contribution in [-0.2, 0) is 4.74 Å². The van der Waals surface area contributed by atoms with Crippen molar-refractivity contribution in [2.24, 2.45) is 0 Å². The van der Waals surface area contributed by atoms with Crippen LogP contribution in [0.25, 0.3) is 22.2 Å². The van der Waals surface area contributed by atoms with Gasteiger partial charge in [-0.25, -0.2) is 4.98 Å². The van der Waals surface area contributed by atoms with Crippen molar-refractivity contribution in [1.82, 2.24) is 15.3 Å². The van der Waals surface area contributed by atoms with Gasteiger partial charge in [-0.2, -0.15) is 0 Å². The molecule has 2 aromatic heterocycles. The summed E-state index contributed by atoms with van der Waals surface area (Å²) in [6, 6.07) is 11.4. The van der Waals surface area contributed by atoms with Crippen molar-refractivity contribution in [3.05, 3.63) is 58.8 Å². The number of fused-ring (bicyclic) bond motifs is 1. The van der Waals surface area contributed by atoms with Gasteiger partial charge in [-0.3, -0.25) is 9.78 Å². The van der Waals surface area contributed by atoms with E-state index in [9.17, 15) is 4.79 Å². The molecule has 3 heterocycles. The van der Waals surface area contributed by atoms with Crippen molar-refractivity contribution in [3.63, 3.8) is 0 Å². The summed E-state index contributed by atoms with van der Waals surface area (Å²) in [6.07, 6.45) is 5.62. The number of hydrogen-bond acceptors (Lipinski definition) is 4. The number of carbonyl (C=O) groups is 1. The van der Waals surface area contributed by atoms with Gasteiger partial charge >= 0.3 is 0 Å². The van der Waals surface area contributed by atoms with Gasteiger partial charge in [0, 0.05) is 41.0 Å². The predicted molar refractivity (Wildman–Crippen MR) is 104 cm³/mol. The van der Waals surface area contributed by atoms with E-state index in [1.54, 1.807) is 12.4 Å². The van der Waals surface area contributed by atoms with Gasteiger partial charge < -0.3 is 10.1 Å². The Morgan fingerprint density at radius 3 is 3.00 bits per heavy atom. The van der Waals surface area contributed by atoms with Crippen LogP contribution in [0.5, 0.6) is 0 Å². The molecule has 1 fully saturated rings. The summed E-state index contributed by atoms with van der Waals surface area (Å²) in [4.78, 5) is 21.7. The lowest BCUT2D eigenvalue weighted by Gasteiger charge is -2.13. The molecule has 26 heavy (non-hydrogen) atoms. The standard InChI is InChI=1S/C20H18BrN3O2/c21-14-5-6-18-16(9-14)17(20(25)23-12-15-4-2-8-26-15)10-19(24-18)13-3-1-7-22-11-13/h1,3,5-7,9-11,15H,2,4,8,12H2,(H,23,25)/t15-/m0/s1. The average molecular weight is 412 g/mol. The molecule has 132 valence electrons. The summed E-state index contributed by atoms with van der Waals surface area (Å²) in [7, 11) is 0. The molecule has 0 unspecified atom stereocenters. The van der Waals surface area contributed by atoms with Gasteiger partial charge in [-0.15, -0.1) is 0 Å². The zero-order valence-corrected chi connectivity index (χ0v) is 15.7. The number of ether oxygens (including phenoxy) is 1. The van der Waals surface area contributed by atoms with Crippen molar-refractivity contribution in [3.8, 4) is 11.3 Å². The molecule has 3 aromatic rings. The highest BCUT2D eigenvalue weighted by Crippen LogP contribution is 2.27. The molecule has 0 radical (unpaired) electrons. The van der Waals surface area contributed by atoms with E-state index in [-0.39, 0.29) is 12.0 Å². The number of halogens is 1. The number of rotatable bonds is 4. The molecular formula is C20H18BrN3O2. The molecule has 0 bridgehead atoms. The topological polar surface area (TPSA) is 64.1 Å². The minimum Gasteiger partial charge on any atom is -0.376 e. The van der Waals surface area contributed by atoms with Crippen molar-refractivity contribution in [2.45, 2.75) is 18.9 Å². The van der Waals surface area contributed by atoms with E-state index in [2.05, 4.69) is 26.2 Å². The summed E-state index contributed by atoms with van der Waals surface area (Å²) in [5.74, 6) is -0.115. The van der Waals surface area contributed by atoms with Crippen LogP contribution in [-0.4, -0.2) is 35.1 Å². The first kappa shape index (κ1) is 17.1. The molecule has 0 saturated carbocycles. The number of aromatic nitrogens is 2. The number of carbonyl (C=O) groups excluding carboxylic acids is 1. The van der Waals surface area contributed by atoms with E-state index in [1.807, 2.05) is 36.4 Å². The van der Waals surface area contributed by atoms with Crippen LogP contribution < -0.4 is 5.32 Å². The van der Waals surface area contributed by atoms with Gasteiger partial charge in [0.1, 0.15) is 0 Å². The highest BCUT2D eigenvalue weighted by molar-refractivity contribution is 9.10. The first-order chi connectivity index (χ1) is 12.7. The molecule has 6 heteroatoms. The SMILES string of the molecule is O=C(NC[C@@H]1CCCO1)c1cc(-c2cccnc2)nc2ccc(Br)cc12. The van der Waals surface area contributed by atoms with Gasteiger partial charge in [0.25, 0.3) is 5.91 Å². The van der Waals surface area contributed by atoms with Crippen LogP contribution in [0.3, 0.4) is 0 Å². The van der Waals surface area contributed by atoms with Crippen LogP contribution >= 0.6 is 15.9 Å². The van der Waals surface area contributed by atoms with Gasteiger partial charge in [0.15, 0.2) is 0 Å². The second-order valence-electron chi connectivity index (χ2n) is 6.30. The third-order valence-corrected chi connectivity index (χ3v) is 4.98. The zero-order chi connectivity index (χ0) is 17.9. The minimum atomic E-state index is -0.115. The lowest BCUT2D eigenvalue weighted by molar-refractivity contribution is 0.0859. The number of nitrogens with zero attached hydrogens (tertiary/aromatic N) is 2. The largest absolute Gasteiger partial charge is 0.376 e. The third kappa shape index (κ3) is 3.61. The molecule has 0 aliphatic carbocycles. The van der Waals surface area contributed by atoms with Crippen LogP contribution in [0.15, 0.2) is 53.3 Å². The highest BCUT2D eigenvalue weighted by Gasteiger charge is 2.19. The summed E-state index contributed by atoms with van der Waals surface area (Å²) >= 11 is 3.48. The molecule has 1 aliphatic rings. The first-order valence-corrected chi connectivity index (χ1v) is 9.40. The Morgan fingerprint density at radius 2 is 2.23 bits per heavy atom.